The third-order valence-corrected chi connectivity index (χ3v) is 6.44. The first-order valence-electron chi connectivity index (χ1n) is 11.0. The first-order valence-corrected chi connectivity index (χ1v) is 11.0. The van der Waals surface area contributed by atoms with Crippen molar-refractivity contribution >= 4 is 10.8 Å². The number of benzene rings is 3. The number of aromatic hydroxyl groups is 1. The van der Waals surface area contributed by atoms with Gasteiger partial charge in [-0.2, -0.15) is 0 Å². The summed E-state index contributed by atoms with van der Waals surface area (Å²) >= 11 is 0. The smallest absolute Gasteiger partial charge is 0.203 e. The molecular formula is C26H32N2O5. The number of rotatable bonds is 7. The van der Waals surface area contributed by atoms with Crippen molar-refractivity contribution in [3.05, 3.63) is 53.6 Å². The molecule has 1 aliphatic heterocycles. The van der Waals surface area contributed by atoms with Crippen molar-refractivity contribution in [2.45, 2.75) is 6.04 Å². The fraction of sp³-hybridized carbons (Fsp3) is 0.385. The lowest BCUT2D eigenvalue weighted by Crippen LogP contribution is -2.46. The monoisotopic (exact) mass is 452 g/mol. The number of hydrogen-bond donors (Lipinski definition) is 1. The van der Waals surface area contributed by atoms with Gasteiger partial charge >= 0.3 is 0 Å². The topological polar surface area (TPSA) is 63.6 Å². The van der Waals surface area contributed by atoms with Crippen LogP contribution in [0, 0.1) is 0 Å². The first-order chi connectivity index (χ1) is 16.0. The van der Waals surface area contributed by atoms with Crippen LogP contribution in [0.5, 0.6) is 28.7 Å². The van der Waals surface area contributed by atoms with Gasteiger partial charge in [0.25, 0.3) is 0 Å². The van der Waals surface area contributed by atoms with Crippen LogP contribution in [0.3, 0.4) is 0 Å². The maximum atomic E-state index is 11.5. The lowest BCUT2D eigenvalue weighted by molar-refractivity contribution is 0.126. The van der Waals surface area contributed by atoms with Gasteiger partial charge in [0, 0.05) is 42.5 Å². The standard InChI is InChI=1S/C26H32N2O5/c1-27-11-13-28(14-12-27)24(17-15-22(31-3)26(33-5)23(16-17)32-4)20-10-9-18-19(25(20)29)7-6-8-21(18)30-2/h6-10,15-16,24,29H,11-14H2,1-5H3/t24-/m0/s1. The van der Waals surface area contributed by atoms with Crippen molar-refractivity contribution in [1.29, 1.82) is 0 Å². The lowest BCUT2D eigenvalue weighted by Gasteiger charge is -2.39. The maximum Gasteiger partial charge on any atom is 0.203 e. The number of phenolic OH excluding ortho intramolecular Hbond substituents is 1. The molecule has 0 spiro atoms. The third kappa shape index (κ3) is 4.26. The number of nitrogens with zero attached hydrogens (tertiary/aromatic N) is 2. The Labute approximate surface area is 195 Å². The molecule has 1 atom stereocenters. The van der Waals surface area contributed by atoms with Gasteiger partial charge in [-0.05, 0) is 30.8 Å². The summed E-state index contributed by atoms with van der Waals surface area (Å²) in [5.41, 5.74) is 1.79. The van der Waals surface area contributed by atoms with E-state index in [1.165, 1.54) is 0 Å². The molecular weight excluding hydrogens is 420 g/mol. The molecule has 0 radical (unpaired) electrons. The quantitative estimate of drug-likeness (QED) is 0.583. The SMILES string of the molecule is COc1cc([C@@H](c2ccc3c(OC)cccc3c2O)N2CCN(C)CC2)cc(OC)c1OC. The van der Waals surface area contributed by atoms with E-state index >= 15 is 0 Å². The van der Waals surface area contributed by atoms with Gasteiger partial charge in [-0.25, -0.2) is 0 Å². The molecule has 33 heavy (non-hydrogen) atoms. The van der Waals surface area contributed by atoms with Crippen LogP contribution in [-0.2, 0) is 0 Å². The summed E-state index contributed by atoms with van der Waals surface area (Å²) in [7, 11) is 8.60. The van der Waals surface area contributed by atoms with E-state index in [2.05, 4.69) is 16.8 Å². The predicted molar refractivity (Wildman–Crippen MR) is 129 cm³/mol. The predicted octanol–water partition coefficient (Wildman–Crippen LogP) is 3.92. The Balaban J connectivity index is 1.91. The van der Waals surface area contributed by atoms with Gasteiger partial charge in [-0.15, -0.1) is 0 Å². The Morgan fingerprint density at radius 1 is 0.758 bits per heavy atom. The van der Waals surface area contributed by atoms with Crippen molar-refractivity contribution < 1.29 is 24.1 Å². The second kappa shape index (κ2) is 9.77. The second-order valence-corrected chi connectivity index (χ2v) is 8.26. The average Bonchev–Trinajstić information content (AvgIpc) is 2.85. The highest BCUT2D eigenvalue weighted by Crippen LogP contribution is 2.45. The lowest BCUT2D eigenvalue weighted by atomic mass is 9.92. The van der Waals surface area contributed by atoms with E-state index in [1.807, 2.05) is 42.5 Å². The van der Waals surface area contributed by atoms with Crippen molar-refractivity contribution in [2.75, 3.05) is 61.7 Å². The zero-order valence-electron chi connectivity index (χ0n) is 19.9. The molecule has 1 aliphatic rings. The normalized spacial score (nSPS) is 15.9. The van der Waals surface area contributed by atoms with E-state index < -0.39 is 0 Å². The van der Waals surface area contributed by atoms with Gasteiger partial charge in [-0.3, -0.25) is 4.90 Å². The number of likely N-dealkylation sites (N-methyl/N-ethyl adjacent to an activating group) is 1. The number of piperazine rings is 1. The van der Waals surface area contributed by atoms with E-state index in [1.54, 1.807) is 28.4 Å². The highest BCUT2D eigenvalue weighted by molar-refractivity contribution is 5.94. The molecule has 3 aromatic rings. The third-order valence-electron chi connectivity index (χ3n) is 6.44. The Morgan fingerprint density at radius 3 is 1.97 bits per heavy atom. The van der Waals surface area contributed by atoms with E-state index in [0.717, 1.165) is 53.8 Å². The molecule has 0 saturated carbocycles. The van der Waals surface area contributed by atoms with E-state index in [-0.39, 0.29) is 11.8 Å². The van der Waals surface area contributed by atoms with Crippen LogP contribution < -0.4 is 18.9 Å². The van der Waals surface area contributed by atoms with Crippen LogP contribution in [0.4, 0.5) is 0 Å². The van der Waals surface area contributed by atoms with Crippen molar-refractivity contribution in [3.8, 4) is 28.7 Å². The molecule has 7 nitrogen and oxygen atoms in total. The fourth-order valence-electron chi connectivity index (χ4n) is 4.66. The van der Waals surface area contributed by atoms with E-state index in [0.29, 0.717) is 17.2 Å². The van der Waals surface area contributed by atoms with Gasteiger partial charge in [-0.1, -0.05) is 24.3 Å². The summed E-state index contributed by atoms with van der Waals surface area (Å²) in [4.78, 5) is 4.70. The van der Waals surface area contributed by atoms with Crippen LogP contribution >= 0.6 is 0 Å². The van der Waals surface area contributed by atoms with Crippen LogP contribution in [-0.4, -0.2) is 76.6 Å². The van der Waals surface area contributed by atoms with E-state index in [9.17, 15) is 5.11 Å². The van der Waals surface area contributed by atoms with Crippen molar-refractivity contribution in [3.63, 3.8) is 0 Å². The van der Waals surface area contributed by atoms with Gasteiger partial charge < -0.3 is 29.0 Å². The van der Waals surface area contributed by atoms with E-state index in [4.69, 9.17) is 18.9 Å². The minimum Gasteiger partial charge on any atom is -0.507 e. The molecule has 176 valence electrons. The molecule has 0 bridgehead atoms. The molecule has 0 aromatic heterocycles. The van der Waals surface area contributed by atoms with Gasteiger partial charge in [0.2, 0.25) is 5.75 Å². The molecule has 7 heteroatoms. The molecule has 4 rings (SSSR count). The summed E-state index contributed by atoms with van der Waals surface area (Å²) < 4.78 is 22.3. The highest BCUT2D eigenvalue weighted by atomic mass is 16.5. The van der Waals surface area contributed by atoms with Crippen LogP contribution in [0.25, 0.3) is 10.8 Å². The number of methoxy groups -OCH3 is 4. The van der Waals surface area contributed by atoms with Crippen LogP contribution in [0.2, 0.25) is 0 Å². The molecule has 0 aliphatic carbocycles. The van der Waals surface area contributed by atoms with Crippen LogP contribution in [0.15, 0.2) is 42.5 Å². The largest absolute Gasteiger partial charge is 0.507 e. The Bertz CT molecular complexity index is 1100. The van der Waals surface area contributed by atoms with Crippen molar-refractivity contribution in [1.82, 2.24) is 9.80 Å². The molecule has 1 fully saturated rings. The summed E-state index contributed by atoms with van der Waals surface area (Å²) in [5.74, 6) is 2.72. The number of ether oxygens (including phenoxy) is 4. The average molecular weight is 453 g/mol. The molecule has 0 unspecified atom stereocenters. The fourth-order valence-corrected chi connectivity index (χ4v) is 4.66. The highest BCUT2D eigenvalue weighted by Gasteiger charge is 2.30. The van der Waals surface area contributed by atoms with Gasteiger partial charge in [0.15, 0.2) is 11.5 Å². The zero-order chi connectivity index (χ0) is 23.5. The Hall–Kier alpha value is -3.16. The number of fused-ring (bicyclic) bond motifs is 1. The maximum absolute atomic E-state index is 11.5. The Kier molecular flexibility index (Phi) is 6.81. The summed E-state index contributed by atoms with van der Waals surface area (Å²) in [6, 6.07) is 13.5. The number of hydrogen-bond acceptors (Lipinski definition) is 7. The summed E-state index contributed by atoms with van der Waals surface area (Å²) in [6.45, 7) is 3.63. The van der Waals surface area contributed by atoms with Crippen LogP contribution in [0.1, 0.15) is 17.2 Å². The molecule has 1 N–H and O–H groups in total. The molecule has 0 amide bonds. The van der Waals surface area contributed by atoms with Gasteiger partial charge in [0.05, 0.1) is 34.5 Å². The first kappa shape index (κ1) is 23.0. The Morgan fingerprint density at radius 2 is 1.39 bits per heavy atom. The zero-order valence-corrected chi connectivity index (χ0v) is 19.9. The summed E-state index contributed by atoms with van der Waals surface area (Å²) in [5, 5.41) is 13.1. The second-order valence-electron chi connectivity index (χ2n) is 8.26. The van der Waals surface area contributed by atoms with Gasteiger partial charge in [0.1, 0.15) is 11.5 Å². The minimum atomic E-state index is -0.192. The van der Waals surface area contributed by atoms with Crippen molar-refractivity contribution in [2.24, 2.45) is 0 Å². The molecule has 3 aromatic carbocycles. The molecule has 1 heterocycles. The molecule has 1 saturated heterocycles. The number of phenols is 1. The minimum absolute atomic E-state index is 0.192. The summed E-state index contributed by atoms with van der Waals surface area (Å²) in [6.07, 6.45) is 0.